The molecule has 2 amide bonds. The maximum Gasteiger partial charge on any atom is 0.229 e. The zero-order valence-corrected chi connectivity index (χ0v) is 12.5. The third-order valence-electron chi connectivity index (χ3n) is 3.68. The van der Waals surface area contributed by atoms with E-state index in [0.717, 1.165) is 30.6 Å². The highest BCUT2D eigenvalue weighted by atomic mass is 35.5. The molecule has 1 aliphatic heterocycles. The number of benzene rings is 1. The maximum atomic E-state index is 12.3. The van der Waals surface area contributed by atoms with Gasteiger partial charge in [0.15, 0.2) is 0 Å². The molecule has 0 bridgehead atoms. The van der Waals surface area contributed by atoms with E-state index in [1.54, 1.807) is 24.0 Å². The van der Waals surface area contributed by atoms with Gasteiger partial charge in [0, 0.05) is 30.7 Å². The molecule has 4 nitrogen and oxygen atoms in total. The fraction of sp³-hybridized carbons (Fsp3) is 0.467. The van der Waals surface area contributed by atoms with Gasteiger partial charge in [-0.25, -0.2) is 0 Å². The van der Waals surface area contributed by atoms with Gasteiger partial charge >= 0.3 is 0 Å². The number of rotatable bonds is 2. The first kappa shape index (κ1) is 14.9. The highest BCUT2D eigenvalue weighted by Gasteiger charge is 2.27. The van der Waals surface area contributed by atoms with Crippen LogP contribution < -0.4 is 5.32 Å². The summed E-state index contributed by atoms with van der Waals surface area (Å²) in [6, 6.07) is 5.38. The third kappa shape index (κ3) is 3.51. The van der Waals surface area contributed by atoms with Crippen molar-refractivity contribution >= 4 is 29.1 Å². The highest BCUT2D eigenvalue weighted by molar-refractivity contribution is 6.30. The molecule has 1 saturated heterocycles. The van der Waals surface area contributed by atoms with Gasteiger partial charge in [0.05, 0.1) is 5.92 Å². The Labute approximate surface area is 124 Å². The molecule has 1 aromatic carbocycles. The van der Waals surface area contributed by atoms with Gasteiger partial charge in [-0.15, -0.1) is 0 Å². The predicted octanol–water partition coefficient (Wildman–Crippen LogP) is 2.85. The van der Waals surface area contributed by atoms with E-state index < -0.39 is 0 Å². The summed E-state index contributed by atoms with van der Waals surface area (Å²) in [6.07, 6.45) is 1.69. The Morgan fingerprint density at radius 2 is 2.15 bits per heavy atom. The average Bonchev–Trinajstić information content (AvgIpc) is 2.42. The first-order valence-electron chi connectivity index (χ1n) is 6.80. The summed E-state index contributed by atoms with van der Waals surface area (Å²) in [5, 5.41) is 3.58. The molecule has 1 N–H and O–H groups in total. The molecule has 1 fully saturated rings. The molecule has 0 saturated carbocycles. The quantitative estimate of drug-likeness (QED) is 0.912. The van der Waals surface area contributed by atoms with Crippen LogP contribution in [0.5, 0.6) is 0 Å². The van der Waals surface area contributed by atoms with Crippen molar-refractivity contribution in [3.05, 3.63) is 28.8 Å². The minimum absolute atomic E-state index is 0.0265. The van der Waals surface area contributed by atoms with Crippen molar-refractivity contribution in [2.45, 2.75) is 26.7 Å². The second kappa shape index (κ2) is 6.27. The fourth-order valence-corrected chi connectivity index (χ4v) is 2.71. The van der Waals surface area contributed by atoms with E-state index in [9.17, 15) is 9.59 Å². The van der Waals surface area contributed by atoms with Gasteiger partial charge in [-0.05, 0) is 43.5 Å². The Kier molecular flexibility index (Phi) is 4.65. The smallest absolute Gasteiger partial charge is 0.229 e. The summed E-state index contributed by atoms with van der Waals surface area (Å²) >= 11 is 5.90. The monoisotopic (exact) mass is 294 g/mol. The SMILES string of the molecule is CC(=O)N1CCCC(C(=O)Nc2ccc(Cl)cc2C)C1. The van der Waals surface area contributed by atoms with Crippen LogP contribution in [0, 0.1) is 12.8 Å². The molecule has 1 atom stereocenters. The van der Waals surface area contributed by atoms with Crippen molar-refractivity contribution in [1.29, 1.82) is 0 Å². The number of nitrogens with zero attached hydrogens (tertiary/aromatic N) is 1. The lowest BCUT2D eigenvalue weighted by Gasteiger charge is -2.31. The van der Waals surface area contributed by atoms with Crippen molar-refractivity contribution in [3.8, 4) is 0 Å². The lowest BCUT2D eigenvalue weighted by atomic mass is 9.97. The van der Waals surface area contributed by atoms with Crippen molar-refractivity contribution in [2.24, 2.45) is 5.92 Å². The van der Waals surface area contributed by atoms with Gasteiger partial charge in [-0.2, -0.15) is 0 Å². The first-order valence-corrected chi connectivity index (χ1v) is 7.17. The van der Waals surface area contributed by atoms with Crippen LogP contribution in [0.1, 0.15) is 25.3 Å². The van der Waals surface area contributed by atoms with E-state index in [2.05, 4.69) is 5.32 Å². The topological polar surface area (TPSA) is 49.4 Å². The van der Waals surface area contributed by atoms with Crippen LogP contribution in [0.15, 0.2) is 18.2 Å². The average molecular weight is 295 g/mol. The van der Waals surface area contributed by atoms with Gasteiger partial charge in [-0.1, -0.05) is 11.6 Å². The van der Waals surface area contributed by atoms with Gasteiger partial charge in [-0.3, -0.25) is 9.59 Å². The Bertz CT molecular complexity index is 531. The fourth-order valence-electron chi connectivity index (χ4n) is 2.48. The normalized spacial score (nSPS) is 18.8. The van der Waals surface area contributed by atoms with Crippen molar-refractivity contribution in [1.82, 2.24) is 4.90 Å². The van der Waals surface area contributed by atoms with Crippen LogP contribution in [0.4, 0.5) is 5.69 Å². The van der Waals surface area contributed by atoms with Crippen molar-refractivity contribution in [2.75, 3.05) is 18.4 Å². The summed E-state index contributed by atoms with van der Waals surface area (Å²) in [4.78, 5) is 25.4. The van der Waals surface area contributed by atoms with Crippen LogP contribution in [-0.4, -0.2) is 29.8 Å². The highest BCUT2D eigenvalue weighted by Crippen LogP contribution is 2.22. The van der Waals surface area contributed by atoms with Crippen LogP contribution in [-0.2, 0) is 9.59 Å². The minimum Gasteiger partial charge on any atom is -0.342 e. The number of piperidine rings is 1. The second-order valence-corrected chi connectivity index (χ2v) is 5.69. The van der Waals surface area contributed by atoms with E-state index in [1.165, 1.54) is 0 Å². The van der Waals surface area contributed by atoms with E-state index in [4.69, 9.17) is 11.6 Å². The molecule has 1 unspecified atom stereocenters. The summed E-state index contributed by atoms with van der Waals surface area (Å²) in [6.45, 7) is 4.71. The van der Waals surface area contributed by atoms with Crippen LogP contribution in [0.2, 0.25) is 5.02 Å². The van der Waals surface area contributed by atoms with Gasteiger partial charge < -0.3 is 10.2 Å². The van der Waals surface area contributed by atoms with Crippen LogP contribution in [0.3, 0.4) is 0 Å². The minimum atomic E-state index is -0.136. The zero-order chi connectivity index (χ0) is 14.7. The molecule has 20 heavy (non-hydrogen) atoms. The Morgan fingerprint density at radius 3 is 2.80 bits per heavy atom. The summed E-state index contributed by atoms with van der Waals surface area (Å²) in [7, 11) is 0. The number of aryl methyl sites for hydroxylation is 1. The summed E-state index contributed by atoms with van der Waals surface area (Å²) < 4.78 is 0. The van der Waals surface area contributed by atoms with E-state index in [1.807, 2.05) is 13.0 Å². The maximum absolute atomic E-state index is 12.3. The molecule has 2 rings (SSSR count). The van der Waals surface area contributed by atoms with Gasteiger partial charge in [0.1, 0.15) is 0 Å². The Balaban J connectivity index is 2.02. The number of hydrogen-bond acceptors (Lipinski definition) is 2. The molecule has 1 heterocycles. The van der Waals surface area contributed by atoms with E-state index in [-0.39, 0.29) is 17.7 Å². The summed E-state index contributed by atoms with van der Waals surface area (Å²) in [5.41, 5.74) is 1.71. The number of carbonyl (C=O) groups is 2. The van der Waals surface area contributed by atoms with Gasteiger partial charge in [0.25, 0.3) is 0 Å². The first-order chi connectivity index (χ1) is 9.47. The van der Waals surface area contributed by atoms with Crippen molar-refractivity contribution in [3.63, 3.8) is 0 Å². The van der Waals surface area contributed by atoms with E-state index in [0.29, 0.717) is 11.6 Å². The molecule has 108 valence electrons. The third-order valence-corrected chi connectivity index (χ3v) is 3.92. The molecule has 0 aliphatic carbocycles. The number of anilines is 1. The lowest BCUT2D eigenvalue weighted by Crippen LogP contribution is -2.42. The number of nitrogens with one attached hydrogen (secondary N) is 1. The molecule has 1 aromatic rings. The molecule has 0 aromatic heterocycles. The molecule has 0 spiro atoms. The van der Waals surface area contributed by atoms with Crippen LogP contribution >= 0.6 is 11.6 Å². The summed E-state index contributed by atoms with van der Waals surface area (Å²) in [5.74, 6) is -0.130. The van der Waals surface area contributed by atoms with Crippen molar-refractivity contribution < 1.29 is 9.59 Å². The Morgan fingerprint density at radius 1 is 1.40 bits per heavy atom. The molecular formula is C15H19ClN2O2. The van der Waals surface area contributed by atoms with E-state index >= 15 is 0 Å². The molecule has 5 heteroatoms. The standard InChI is InChI=1S/C15H19ClN2O2/c1-10-8-13(16)5-6-14(10)17-15(20)12-4-3-7-18(9-12)11(2)19/h5-6,8,12H,3-4,7,9H2,1-2H3,(H,17,20). The molecule has 1 aliphatic rings. The zero-order valence-electron chi connectivity index (χ0n) is 11.8. The van der Waals surface area contributed by atoms with Gasteiger partial charge in [0.2, 0.25) is 11.8 Å². The lowest BCUT2D eigenvalue weighted by molar-refractivity contribution is -0.132. The number of hydrogen-bond donors (Lipinski definition) is 1. The van der Waals surface area contributed by atoms with Crippen LogP contribution in [0.25, 0.3) is 0 Å². The number of halogens is 1. The number of likely N-dealkylation sites (tertiary alicyclic amines) is 1. The number of carbonyl (C=O) groups excluding carboxylic acids is 2. The largest absolute Gasteiger partial charge is 0.342 e. The second-order valence-electron chi connectivity index (χ2n) is 5.25. The number of amides is 2. The predicted molar refractivity (Wildman–Crippen MR) is 79.8 cm³/mol. The molecular weight excluding hydrogens is 276 g/mol. The molecule has 0 radical (unpaired) electrons. The Hall–Kier alpha value is -1.55.